The van der Waals surface area contributed by atoms with E-state index in [1.54, 1.807) is 20.8 Å². The number of carbonyl (C=O) groups is 4. The van der Waals surface area contributed by atoms with Crippen LogP contribution in [0.3, 0.4) is 0 Å². The minimum Gasteiger partial charge on any atom is -0.444 e. The number of fused-ring (bicyclic) bond motifs is 2. The molecule has 1 aromatic heterocycles. The maximum atomic E-state index is 13.7. The average Bonchev–Trinajstić information content (AvgIpc) is 3.36. The Kier molecular flexibility index (Phi) is 10.1. The first kappa shape index (κ1) is 33.1. The topological polar surface area (TPSA) is 168 Å². The van der Waals surface area contributed by atoms with E-state index in [1.165, 1.54) is 4.90 Å². The number of hydrogen-bond acceptors (Lipinski definition) is 8. The molecular formula is C27H37BrClN6O7S+. The van der Waals surface area contributed by atoms with Crippen LogP contribution < -0.4 is 19.3 Å². The molecule has 4 rings (SSSR count). The van der Waals surface area contributed by atoms with Crippen molar-refractivity contribution in [2.24, 2.45) is 5.92 Å². The minimum atomic E-state index is -4.43. The van der Waals surface area contributed by atoms with Gasteiger partial charge in [0.1, 0.15) is 33.9 Å². The van der Waals surface area contributed by atoms with Gasteiger partial charge in [-0.2, -0.15) is 8.42 Å². The number of rotatable bonds is 4. The largest absolute Gasteiger partial charge is 0.444 e. The molecule has 1 aliphatic carbocycles. The standard InChI is InChI=1S/C27H36BrClN6O7S/c1-26(2,3)42-25(39)31-19-11-8-6-4-5-7-10-17-14-27(17,32-22(36)20-12-9-13-35(20)23(19)37)24(38)33-43(40,41)34-15-18(28)21(29)30-16-34/h7,10,15-17,19-20H,4-6,8-9,11-14H2,1-3H3,(H2-,31,32,33,36,38,39)/p+1/b10-7-/t17-,19-,20-,27+/m0/s1. The van der Waals surface area contributed by atoms with Crippen LogP contribution in [0.5, 0.6) is 0 Å². The molecule has 2 fully saturated rings. The van der Waals surface area contributed by atoms with Crippen LogP contribution in [0.25, 0.3) is 0 Å². The first-order valence-electron chi connectivity index (χ1n) is 14.2. The number of hydrogen-bond donors (Lipinski definition) is 3. The Bertz CT molecular complexity index is 1420. The summed E-state index contributed by atoms with van der Waals surface area (Å²) in [4.78, 5) is 58.7. The lowest BCUT2D eigenvalue weighted by molar-refractivity contribution is -0.516. The van der Waals surface area contributed by atoms with Crippen molar-refractivity contribution in [2.75, 3.05) is 6.54 Å². The molecule has 1 saturated carbocycles. The van der Waals surface area contributed by atoms with E-state index < -0.39 is 63.2 Å². The molecule has 13 nitrogen and oxygen atoms in total. The zero-order chi connectivity index (χ0) is 31.6. The first-order chi connectivity index (χ1) is 20.1. The number of ether oxygens (including phenoxy) is 1. The Morgan fingerprint density at radius 3 is 2.65 bits per heavy atom. The lowest BCUT2D eigenvalue weighted by Gasteiger charge is -2.30. The molecule has 4 amide bonds. The molecule has 0 radical (unpaired) electrons. The van der Waals surface area contributed by atoms with Gasteiger partial charge in [0.15, 0.2) is 0 Å². The fourth-order valence-corrected chi connectivity index (χ4v) is 6.79. The summed E-state index contributed by atoms with van der Waals surface area (Å²) < 4.78 is 34.4. The van der Waals surface area contributed by atoms with Gasteiger partial charge in [-0.1, -0.05) is 25.0 Å². The van der Waals surface area contributed by atoms with Crippen LogP contribution in [-0.2, 0) is 29.3 Å². The molecular weight excluding hydrogens is 668 g/mol. The SMILES string of the molecule is CC(C)(C)OC(=O)N[C@H]1CCCCC/C=C\[C@H]2C[C@@]2(C(=O)NS(=O)(=O)[n+]2cnc(Cl)c(Br)c2)NC(=O)[C@@H]2CCCN2C1=O. The highest BCUT2D eigenvalue weighted by Gasteiger charge is 2.61. The number of aromatic nitrogens is 2. The van der Waals surface area contributed by atoms with E-state index in [9.17, 15) is 27.6 Å². The summed E-state index contributed by atoms with van der Waals surface area (Å²) in [7, 11) is -4.43. The Balaban J connectivity index is 1.57. The summed E-state index contributed by atoms with van der Waals surface area (Å²) in [6.45, 7) is 5.48. The lowest BCUT2D eigenvalue weighted by Crippen LogP contribution is -2.61. The monoisotopic (exact) mass is 703 g/mol. The molecule has 3 aliphatic rings. The molecule has 1 saturated heterocycles. The summed E-state index contributed by atoms with van der Waals surface area (Å²) in [5.74, 6) is -2.31. The number of halogens is 2. The van der Waals surface area contributed by atoms with E-state index in [-0.39, 0.29) is 16.0 Å². The number of nitrogens with zero attached hydrogens (tertiary/aromatic N) is 3. The molecule has 43 heavy (non-hydrogen) atoms. The molecule has 0 aromatic carbocycles. The van der Waals surface area contributed by atoms with Gasteiger partial charge in [-0.25, -0.2) is 9.52 Å². The summed E-state index contributed by atoms with van der Waals surface area (Å²) in [5, 5.41) is 5.51. The van der Waals surface area contributed by atoms with Gasteiger partial charge in [0.2, 0.25) is 11.8 Å². The maximum Gasteiger partial charge on any atom is 0.408 e. The van der Waals surface area contributed by atoms with Crippen LogP contribution in [0.2, 0.25) is 5.15 Å². The third kappa shape index (κ3) is 8.04. The van der Waals surface area contributed by atoms with Crippen molar-refractivity contribution in [3.05, 3.63) is 34.3 Å². The van der Waals surface area contributed by atoms with E-state index in [2.05, 4.69) is 36.3 Å². The van der Waals surface area contributed by atoms with E-state index >= 15 is 0 Å². The van der Waals surface area contributed by atoms with Crippen molar-refractivity contribution < 1.29 is 36.3 Å². The van der Waals surface area contributed by atoms with Gasteiger partial charge in [0.25, 0.3) is 11.1 Å². The maximum absolute atomic E-state index is 13.7. The molecule has 16 heteroatoms. The lowest BCUT2D eigenvalue weighted by atomic mass is 10.0. The minimum absolute atomic E-state index is 0.0389. The Morgan fingerprint density at radius 1 is 1.21 bits per heavy atom. The highest BCUT2D eigenvalue weighted by atomic mass is 79.9. The van der Waals surface area contributed by atoms with Crippen LogP contribution in [0.4, 0.5) is 4.79 Å². The molecule has 3 N–H and O–H groups in total. The van der Waals surface area contributed by atoms with Gasteiger partial charge < -0.3 is 20.3 Å². The van der Waals surface area contributed by atoms with Crippen molar-refractivity contribution in [3.63, 3.8) is 0 Å². The molecule has 0 unspecified atom stereocenters. The molecule has 1 aromatic rings. The van der Waals surface area contributed by atoms with E-state index in [0.29, 0.717) is 42.6 Å². The highest BCUT2D eigenvalue weighted by molar-refractivity contribution is 9.10. The molecule has 0 bridgehead atoms. The molecule has 2 aliphatic heterocycles. The van der Waals surface area contributed by atoms with Crippen LogP contribution in [0.1, 0.15) is 72.1 Å². The summed E-state index contributed by atoms with van der Waals surface area (Å²) in [6, 6.07) is -1.78. The van der Waals surface area contributed by atoms with Gasteiger partial charge in [0, 0.05) is 12.5 Å². The molecule has 236 valence electrons. The van der Waals surface area contributed by atoms with Crippen molar-refractivity contribution in [2.45, 2.75) is 95.4 Å². The third-order valence-corrected chi connectivity index (χ3v) is 9.86. The number of carbonyl (C=O) groups excluding carboxylic acids is 4. The van der Waals surface area contributed by atoms with Gasteiger partial charge in [-0.3, -0.25) is 14.4 Å². The van der Waals surface area contributed by atoms with Gasteiger partial charge in [-0.15, -0.1) is 3.97 Å². The normalized spacial score (nSPS) is 27.5. The predicted molar refractivity (Wildman–Crippen MR) is 159 cm³/mol. The van der Waals surface area contributed by atoms with E-state index in [1.807, 2.05) is 12.2 Å². The van der Waals surface area contributed by atoms with E-state index in [4.69, 9.17) is 16.3 Å². The van der Waals surface area contributed by atoms with Crippen LogP contribution in [0, 0.1) is 5.92 Å². The summed E-state index contributed by atoms with van der Waals surface area (Å²) in [6.07, 6.45) is 9.55. The number of allylic oxidation sites excluding steroid dienone is 1. The van der Waals surface area contributed by atoms with Gasteiger partial charge >= 0.3 is 22.6 Å². The van der Waals surface area contributed by atoms with Crippen LogP contribution >= 0.6 is 27.5 Å². The van der Waals surface area contributed by atoms with Crippen LogP contribution in [-0.4, -0.2) is 71.9 Å². The quantitative estimate of drug-likeness (QED) is 0.244. The second-order valence-electron chi connectivity index (χ2n) is 12.0. The Morgan fingerprint density at radius 2 is 1.95 bits per heavy atom. The zero-order valence-electron chi connectivity index (χ0n) is 24.3. The fraction of sp³-hybridized carbons (Fsp3) is 0.630. The average molecular weight is 705 g/mol. The second kappa shape index (κ2) is 13.1. The fourth-order valence-electron chi connectivity index (χ4n) is 5.30. The summed E-state index contributed by atoms with van der Waals surface area (Å²) >= 11 is 8.99. The zero-order valence-corrected chi connectivity index (χ0v) is 27.4. The van der Waals surface area contributed by atoms with E-state index in [0.717, 1.165) is 25.4 Å². The second-order valence-corrected chi connectivity index (χ2v) is 14.8. The Labute approximate surface area is 264 Å². The number of amides is 4. The molecule has 3 heterocycles. The molecule has 0 spiro atoms. The number of alkyl carbamates (subject to hydrolysis) is 1. The highest BCUT2D eigenvalue weighted by Crippen LogP contribution is 2.45. The number of nitrogens with one attached hydrogen (secondary N) is 3. The van der Waals surface area contributed by atoms with Crippen molar-refractivity contribution >= 4 is 61.6 Å². The van der Waals surface area contributed by atoms with Crippen molar-refractivity contribution in [3.8, 4) is 0 Å². The Hall–Kier alpha value is -2.78. The van der Waals surface area contributed by atoms with Crippen molar-refractivity contribution in [1.82, 2.24) is 25.2 Å². The summed E-state index contributed by atoms with van der Waals surface area (Å²) in [5.41, 5.74) is -2.28. The first-order valence-corrected chi connectivity index (χ1v) is 16.8. The van der Waals surface area contributed by atoms with Crippen molar-refractivity contribution in [1.29, 1.82) is 0 Å². The predicted octanol–water partition coefficient (Wildman–Crippen LogP) is 2.27. The molecule has 4 atom stereocenters. The van der Waals surface area contributed by atoms with Gasteiger partial charge in [-0.05, 0) is 91.8 Å². The van der Waals surface area contributed by atoms with Gasteiger partial charge in [0.05, 0.1) is 0 Å². The smallest absolute Gasteiger partial charge is 0.408 e. The third-order valence-electron chi connectivity index (χ3n) is 7.55. The van der Waals surface area contributed by atoms with Crippen LogP contribution in [0.15, 0.2) is 29.1 Å².